The maximum Gasteiger partial charge on any atom is 0.490 e. The van der Waals surface area contributed by atoms with Crippen LogP contribution in [0, 0.1) is 0 Å². The van der Waals surface area contributed by atoms with Crippen LogP contribution in [0.3, 0.4) is 0 Å². The number of ether oxygens (including phenoxy) is 2. The number of hydrogen-bond acceptors (Lipinski definition) is 13. The molecule has 0 amide bonds. The molecular formula is C16H27N6O12P3. The minimum absolute atomic E-state index is 0.113. The van der Waals surface area contributed by atoms with Gasteiger partial charge in [0.2, 0.25) is 6.41 Å². The summed E-state index contributed by atoms with van der Waals surface area (Å²) in [7, 11) is -16.4. The highest BCUT2D eigenvalue weighted by Crippen LogP contribution is 2.66. The first kappa shape index (κ1) is 29.9. The molecule has 1 aliphatic heterocycles. The fraction of sp³-hybridized carbons (Fsp3) is 0.625. The summed E-state index contributed by atoms with van der Waals surface area (Å²) in [4.78, 5) is 52.4. The molecule has 3 heterocycles. The summed E-state index contributed by atoms with van der Waals surface area (Å²) in [5.74, 6) is 0.527. The molecule has 37 heavy (non-hydrogen) atoms. The van der Waals surface area contributed by atoms with E-state index in [0.717, 1.165) is 32.2 Å². The first-order valence-electron chi connectivity index (χ1n) is 10.8. The Bertz CT molecular complexity index is 1210. The largest absolute Gasteiger partial charge is 0.490 e. The summed E-state index contributed by atoms with van der Waals surface area (Å²) < 4.78 is 58.5. The number of imidazole rings is 1. The molecule has 208 valence electrons. The Kier molecular flexibility index (Phi) is 10.5. The number of rotatable bonds is 16. The topological polar surface area (TPSA) is 246 Å². The number of fused-ring (bicyclic) bond motifs is 1. The van der Waals surface area contributed by atoms with E-state index in [1.807, 2.05) is 0 Å². The molecule has 0 bridgehead atoms. The van der Waals surface area contributed by atoms with Crippen LogP contribution in [0.4, 0.5) is 5.82 Å². The fourth-order valence-electron chi connectivity index (χ4n) is 3.19. The predicted molar refractivity (Wildman–Crippen MR) is 126 cm³/mol. The number of aromatic nitrogens is 4. The molecule has 18 nitrogen and oxygen atoms in total. The molecule has 2 aromatic heterocycles. The van der Waals surface area contributed by atoms with Crippen molar-refractivity contribution in [2.45, 2.75) is 38.2 Å². The molecule has 0 saturated carbocycles. The summed E-state index contributed by atoms with van der Waals surface area (Å²) in [6.07, 6.45) is 4.81. The number of aliphatic imine (C=N–C) groups is 1. The quantitative estimate of drug-likeness (QED) is 0.106. The monoisotopic (exact) mass is 588 g/mol. The van der Waals surface area contributed by atoms with Gasteiger partial charge in [0.15, 0.2) is 17.0 Å². The van der Waals surface area contributed by atoms with Gasteiger partial charge in [0.1, 0.15) is 18.8 Å². The Balaban J connectivity index is 1.52. The lowest BCUT2D eigenvalue weighted by molar-refractivity contribution is -0.116. The predicted octanol–water partition coefficient (Wildman–Crippen LogP) is 1.71. The molecule has 2 aromatic rings. The highest BCUT2D eigenvalue weighted by molar-refractivity contribution is 7.66. The summed E-state index contributed by atoms with van der Waals surface area (Å²) >= 11 is 0. The van der Waals surface area contributed by atoms with Gasteiger partial charge < -0.3 is 39.4 Å². The summed E-state index contributed by atoms with van der Waals surface area (Å²) in [6.45, 7) is 4.14. The smallest absolute Gasteiger partial charge is 0.368 e. The van der Waals surface area contributed by atoms with Crippen molar-refractivity contribution in [1.82, 2.24) is 19.5 Å². The summed E-state index contributed by atoms with van der Waals surface area (Å²) in [5, 5.41) is 3.22. The van der Waals surface area contributed by atoms with Crippen LogP contribution in [0.5, 0.6) is 0 Å². The van der Waals surface area contributed by atoms with Crippen LogP contribution in [0.2, 0.25) is 0 Å². The van der Waals surface area contributed by atoms with E-state index in [0.29, 0.717) is 23.5 Å². The Hall–Kier alpha value is -1.65. The number of unbranched alkanes of at least 4 members (excludes halogenated alkanes) is 3. The van der Waals surface area contributed by atoms with Crippen molar-refractivity contribution >= 4 is 47.2 Å². The van der Waals surface area contributed by atoms with Gasteiger partial charge in [0, 0.05) is 13.1 Å². The third-order valence-corrected chi connectivity index (χ3v) is 8.50. The van der Waals surface area contributed by atoms with Gasteiger partial charge in [0.25, 0.3) is 0 Å². The van der Waals surface area contributed by atoms with Crippen LogP contribution >= 0.6 is 23.5 Å². The van der Waals surface area contributed by atoms with Crippen LogP contribution in [0.15, 0.2) is 17.6 Å². The molecule has 0 aliphatic carbocycles. The minimum atomic E-state index is -5.61. The molecule has 1 aliphatic rings. The molecule has 0 spiro atoms. The summed E-state index contributed by atoms with van der Waals surface area (Å²) in [6, 6.07) is 0. The second-order valence-corrected chi connectivity index (χ2v) is 12.0. The lowest BCUT2D eigenvalue weighted by atomic mass is 10.2. The zero-order valence-corrected chi connectivity index (χ0v) is 22.0. The van der Waals surface area contributed by atoms with E-state index >= 15 is 0 Å². The van der Waals surface area contributed by atoms with E-state index in [2.05, 4.69) is 45.1 Å². The molecule has 1 fully saturated rings. The van der Waals surface area contributed by atoms with Crippen molar-refractivity contribution in [2.24, 2.45) is 4.99 Å². The Labute approximate surface area is 210 Å². The number of anilines is 1. The molecule has 0 aromatic carbocycles. The lowest BCUT2D eigenvalue weighted by Crippen LogP contribution is -2.18. The van der Waals surface area contributed by atoms with Crippen molar-refractivity contribution in [3.05, 3.63) is 12.7 Å². The van der Waals surface area contributed by atoms with Crippen molar-refractivity contribution < 1.29 is 55.9 Å². The van der Waals surface area contributed by atoms with E-state index in [9.17, 15) is 23.5 Å². The average Bonchev–Trinajstić information content (AvgIpc) is 3.42. The lowest BCUT2D eigenvalue weighted by Gasteiger charge is -2.17. The zero-order valence-electron chi connectivity index (χ0n) is 19.3. The SMILES string of the molecule is C=NCCCCCCNc1ncnc2c1ncn2[C@H]1OC[C@@H](COP(=O)(O)OP(=O)(O)OP(=O)(O)O)O1. The van der Waals surface area contributed by atoms with Crippen molar-refractivity contribution in [3.8, 4) is 0 Å². The maximum atomic E-state index is 11.9. The van der Waals surface area contributed by atoms with Crippen LogP contribution in [0.25, 0.3) is 11.2 Å². The van der Waals surface area contributed by atoms with E-state index in [1.54, 1.807) is 0 Å². The fourth-order valence-corrected chi connectivity index (χ4v) is 6.24. The van der Waals surface area contributed by atoms with Crippen molar-refractivity contribution in [2.75, 3.05) is 31.6 Å². The second kappa shape index (κ2) is 12.9. The maximum absolute atomic E-state index is 11.9. The molecule has 1 saturated heterocycles. The van der Waals surface area contributed by atoms with Gasteiger partial charge in [-0.15, -0.1) is 0 Å². The average molecular weight is 588 g/mol. The van der Waals surface area contributed by atoms with Crippen molar-refractivity contribution in [3.63, 3.8) is 0 Å². The first-order valence-corrected chi connectivity index (χ1v) is 15.3. The van der Waals surface area contributed by atoms with Gasteiger partial charge >= 0.3 is 23.5 Å². The third kappa shape index (κ3) is 9.55. The van der Waals surface area contributed by atoms with Crippen LogP contribution in [-0.4, -0.2) is 78.2 Å². The number of phosphoric acid groups is 3. The van der Waals surface area contributed by atoms with Gasteiger partial charge in [-0.2, -0.15) is 8.62 Å². The minimum Gasteiger partial charge on any atom is -0.368 e. The molecule has 0 radical (unpaired) electrons. The number of hydrogen-bond donors (Lipinski definition) is 5. The zero-order chi connectivity index (χ0) is 27.1. The molecule has 2 unspecified atom stereocenters. The van der Waals surface area contributed by atoms with Gasteiger partial charge in [-0.05, 0) is 19.6 Å². The van der Waals surface area contributed by atoms with Gasteiger partial charge in [0.05, 0.1) is 13.2 Å². The van der Waals surface area contributed by atoms with Crippen LogP contribution in [-0.2, 0) is 36.3 Å². The molecule has 5 N–H and O–H groups in total. The van der Waals surface area contributed by atoms with Crippen LogP contribution < -0.4 is 5.32 Å². The highest BCUT2D eigenvalue weighted by atomic mass is 31.3. The first-order chi connectivity index (χ1) is 17.4. The number of nitrogens with zero attached hydrogens (tertiary/aromatic N) is 5. The van der Waals surface area contributed by atoms with Gasteiger partial charge in [-0.25, -0.2) is 28.6 Å². The van der Waals surface area contributed by atoms with E-state index < -0.39 is 42.6 Å². The van der Waals surface area contributed by atoms with E-state index in [-0.39, 0.29) is 6.61 Å². The summed E-state index contributed by atoms with van der Waals surface area (Å²) in [5.41, 5.74) is 0.871. The Morgan fingerprint density at radius 2 is 1.84 bits per heavy atom. The highest BCUT2D eigenvalue weighted by Gasteiger charge is 2.41. The molecule has 3 rings (SSSR count). The Morgan fingerprint density at radius 3 is 2.57 bits per heavy atom. The molecule has 21 heteroatoms. The number of nitrogens with one attached hydrogen (secondary N) is 1. The van der Waals surface area contributed by atoms with Crippen molar-refractivity contribution in [1.29, 1.82) is 0 Å². The van der Waals surface area contributed by atoms with Gasteiger partial charge in [-0.1, -0.05) is 12.8 Å². The van der Waals surface area contributed by atoms with E-state index in [4.69, 9.17) is 19.3 Å². The Morgan fingerprint density at radius 1 is 1.08 bits per heavy atom. The second-order valence-electron chi connectivity index (χ2n) is 7.62. The molecular weight excluding hydrogens is 561 g/mol. The third-order valence-electron chi connectivity index (χ3n) is 4.69. The van der Waals surface area contributed by atoms with Crippen LogP contribution in [0.1, 0.15) is 32.1 Å². The standard InChI is InChI=1S/C16H27N6O12P3/c1-17-6-4-2-3-5-7-18-14-13-15(20-10-19-14)22(11-21-13)16-30-8-12(32-16)9-31-36(26,27)34-37(28,29)33-35(23,24)25/h10-12,16H,1-9H2,(H,26,27)(H,28,29)(H,18,19,20)(H2,23,24,25)/t12-,16-/m0/s1. The van der Waals surface area contributed by atoms with E-state index in [1.165, 1.54) is 17.2 Å². The number of phosphoric ester groups is 1. The van der Waals surface area contributed by atoms with Gasteiger partial charge in [-0.3, -0.25) is 9.09 Å². The normalized spacial score (nSPS) is 21.5. The molecule has 4 atom stereocenters.